The lowest BCUT2D eigenvalue weighted by molar-refractivity contribution is 0.660. The molecule has 0 spiro atoms. The highest BCUT2D eigenvalue weighted by atomic mass is 32.1. The highest BCUT2D eigenvalue weighted by molar-refractivity contribution is 7.25. The summed E-state index contributed by atoms with van der Waals surface area (Å²) in [6, 6.07) is 51.1. The molecule has 1 aliphatic carbocycles. The van der Waals surface area contributed by atoms with Crippen LogP contribution in [-0.4, -0.2) is 0 Å². The lowest BCUT2D eigenvalue weighted by Gasteiger charge is -2.26. The first-order valence-corrected chi connectivity index (χ1v) is 15.0. The number of para-hydroxylation sites is 1. The molecular formula is C39H29NS. The van der Waals surface area contributed by atoms with Gasteiger partial charge in [-0.3, -0.25) is 0 Å². The Morgan fingerprint density at radius 1 is 0.488 bits per heavy atom. The normalized spacial score (nSPS) is 13.3. The lowest BCUT2D eigenvalue weighted by atomic mass is 9.82. The molecule has 196 valence electrons. The molecule has 1 aliphatic rings. The van der Waals surface area contributed by atoms with Gasteiger partial charge >= 0.3 is 0 Å². The molecular weight excluding hydrogens is 515 g/mol. The molecule has 0 saturated heterocycles. The van der Waals surface area contributed by atoms with Crippen molar-refractivity contribution in [3.8, 4) is 22.3 Å². The van der Waals surface area contributed by atoms with Crippen molar-refractivity contribution in [1.82, 2.24) is 0 Å². The number of anilines is 3. The molecule has 0 bridgehead atoms. The van der Waals surface area contributed by atoms with Crippen LogP contribution in [0.5, 0.6) is 0 Å². The highest BCUT2D eigenvalue weighted by Crippen LogP contribution is 2.52. The van der Waals surface area contributed by atoms with Gasteiger partial charge in [-0.15, -0.1) is 11.3 Å². The van der Waals surface area contributed by atoms with E-state index in [-0.39, 0.29) is 5.41 Å². The van der Waals surface area contributed by atoms with Gasteiger partial charge in [-0.2, -0.15) is 0 Å². The zero-order valence-corrected chi connectivity index (χ0v) is 24.0. The van der Waals surface area contributed by atoms with Crippen molar-refractivity contribution in [2.24, 2.45) is 0 Å². The van der Waals surface area contributed by atoms with Gasteiger partial charge in [0.25, 0.3) is 0 Å². The maximum Gasteiger partial charge on any atom is 0.0476 e. The Hall–Kier alpha value is -4.66. The third-order valence-electron chi connectivity index (χ3n) is 8.66. The van der Waals surface area contributed by atoms with E-state index in [0.29, 0.717) is 0 Å². The summed E-state index contributed by atoms with van der Waals surface area (Å²) < 4.78 is 2.63. The van der Waals surface area contributed by atoms with E-state index in [2.05, 4.69) is 158 Å². The Labute approximate surface area is 245 Å². The summed E-state index contributed by atoms with van der Waals surface area (Å²) >= 11 is 1.86. The summed E-state index contributed by atoms with van der Waals surface area (Å²) in [5.74, 6) is 0. The molecule has 41 heavy (non-hydrogen) atoms. The summed E-state index contributed by atoms with van der Waals surface area (Å²) in [5.41, 5.74) is 11.5. The predicted octanol–water partition coefficient (Wildman–Crippen LogP) is 11.5. The van der Waals surface area contributed by atoms with Crippen LogP contribution < -0.4 is 4.90 Å². The molecule has 0 atom stereocenters. The van der Waals surface area contributed by atoms with Crippen molar-refractivity contribution < 1.29 is 0 Å². The minimum absolute atomic E-state index is 0.0186. The third-order valence-corrected chi connectivity index (χ3v) is 9.79. The van der Waals surface area contributed by atoms with E-state index in [0.717, 1.165) is 17.1 Å². The Morgan fingerprint density at radius 2 is 1.15 bits per heavy atom. The van der Waals surface area contributed by atoms with E-state index >= 15 is 0 Å². The third kappa shape index (κ3) is 3.75. The van der Waals surface area contributed by atoms with Crippen LogP contribution >= 0.6 is 11.3 Å². The van der Waals surface area contributed by atoms with Crippen LogP contribution in [0.1, 0.15) is 25.0 Å². The van der Waals surface area contributed by atoms with Gasteiger partial charge in [0.05, 0.1) is 0 Å². The molecule has 0 aliphatic heterocycles. The molecule has 0 saturated carbocycles. The van der Waals surface area contributed by atoms with Crippen molar-refractivity contribution >= 4 is 48.6 Å². The molecule has 0 fully saturated rings. The molecule has 1 aromatic heterocycles. The van der Waals surface area contributed by atoms with Crippen molar-refractivity contribution in [2.75, 3.05) is 4.90 Å². The fraction of sp³-hybridized carbons (Fsp3) is 0.0769. The first-order valence-electron chi connectivity index (χ1n) is 14.2. The second-order valence-electron chi connectivity index (χ2n) is 11.4. The first kappa shape index (κ1) is 24.2. The van der Waals surface area contributed by atoms with Gasteiger partial charge in [-0.25, -0.2) is 0 Å². The molecule has 0 amide bonds. The number of nitrogens with zero attached hydrogens (tertiary/aromatic N) is 1. The summed E-state index contributed by atoms with van der Waals surface area (Å²) in [4.78, 5) is 2.38. The lowest BCUT2D eigenvalue weighted by Crippen LogP contribution is -2.14. The first-order chi connectivity index (χ1) is 20.1. The summed E-state index contributed by atoms with van der Waals surface area (Å²) in [7, 11) is 0. The molecule has 0 unspecified atom stereocenters. The maximum atomic E-state index is 2.38. The smallest absolute Gasteiger partial charge is 0.0476 e. The van der Waals surface area contributed by atoms with Crippen molar-refractivity contribution in [1.29, 1.82) is 0 Å². The van der Waals surface area contributed by atoms with Crippen LogP contribution in [0.3, 0.4) is 0 Å². The minimum atomic E-state index is -0.0186. The average molecular weight is 544 g/mol. The zero-order chi connectivity index (χ0) is 27.6. The fourth-order valence-corrected chi connectivity index (χ4v) is 7.82. The topological polar surface area (TPSA) is 3.24 Å². The maximum absolute atomic E-state index is 2.38. The van der Waals surface area contributed by atoms with E-state index in [9.17, 15) is 0 Å². The number of thiophene rings is 1. The van der Waals surface area contributed by atoms with E-state index in [1.165, 1.54) is 53.6 Å². The Balaban J connectivity index is 1.31. The number of hydrogen-bond donors (Lipinski definition) is 0. The Kier molecular flexibility index (Phi) is 5.42. The van der Waals surface area contributed by atoms with Gasteiger partial charge in [0, 0.05) is 42.6 Å². The van der Waals surface area contributed by atoms with Crippen molar-refractivity contribution in [2.45, 2.75) is 19.3 Å². The van der Waals surface area contributed by atoms with Crippen molar-refractivity contribution in [3.63, 3.8) is 0 Å². The minimum Gasteiger partial charge on any atom is -0.310 e. The zero-order valence-electron chi connectivity index (χ0n) is 23.1. The quantitative estimate of drug-likeness (QED) is 0.213. The van der Waals surface area contributed by atoms with Gasteiger partial charge in [-0.05, 0) is 75.8 Å². The Bertz CT molecular complexity index is 2080. The van der Waals surface area contributed by atoms with Crippen LogP contribution in [0.4, 0.5) is 17.1 Å². The summed E-state index contributed by atoms with van der Waals surface area (Å²) in [6.07, 6.45) is 0. The van der Waals surface area contributed by atoms with E-state index in [1.54, 1.807) is 0 Å². The second kappa shape index (κ2) is 9.19. The number of benzene rings is 6. The van der Waals surface area contributed by atoms with E-state index < -0.39 is 0 Å². The molecule has 1 heterocycles. The second-order valence-corrected chi connectivity index (χ2v) is 12.5. The van der Waals surface area contributed by atoms with Crippen LogP contribution in [0.15, 0.2) is 140 Å². The molecule has 1 nitrogen and oxygen atoms in total. The van der Waals surface area contributed by atoms with E-state index in [4.69, 9.17) is 0 Å². The Morgan fingerprint density at radius 3 is 2.05 bits per heavy atom. The van der Waals surface area contributed by atoms with Crippen LogP contribution in [0, 0.1) is 0 Å². The predicted molar refractivity (Wildman–Crippen MR) is 177 cm³/mol. The standard InChI is InChI=1S/C39H29NS/c1-39(2)34-19-8-6-17-33(34)38-30(18-11-20-35(38)39)26-12-10-15-28(24-26)40(27-13-4-3-5-14-27)29-22-23-32-31-16-7-9-21-36(31)41-37(32)25-29/h3-25H,1-2H3. The van der Waals surface area contributed by atoms with Gasteiger partial charge in [-0.1, -0.05) is 111 Å². The fourth-order valence-electron chi connectivity index (χ4n) is 6.69. The van der Waals surface area contributed by atoms with Gasteiger partial charge in [0.15, 0.2) is 0 Å². The largest absolute Gasteiger partial charge is 0.310 e. The van der Waals surface area contributed by atoms with Crippen LogP contribution in [-0.2, 0) is 5.41 Å². The van der Waals surface area contributed by atoms with Gasteiger partial charge in [0.2, 0.25) is 0 Å². The highest BCUT2D eigenvalue weighted by Gasteiger charge is 2.36. The summed E-state index contributed by atoms with van der Waals surface area (Å²) in [5, 5.41) is 2.64. The molecule has 0 radical (unpaired) electrons. The SMILES string of the molecule is CC1(C)c2ccccc2-c2c(-c3cccc(N(c4ccccc4)c4ccc5c(c4)sc4ccccc45)c3)cccc21. The molecule has 8 rings (SSSR count). The molecule has 2 heteroatoms. The van der Waals surface area contributed by atoms with Gasteiger partial charge in [0.1, 0.15) is 0 Å². The van der Waals surface area contributed by atoms with Crippen molar-refractivity contribution in [3.05, 3.63) is 151 Å². The average Bonchev–Trinajstić information content (AvgIpc) is 3.50. The van der Waals surface area contributed by atoms with E-state index in [1.807, 2.05) is 11.3 Å². The molecule has 7 aromatic rings. The van der Waals surface area contributed by atoms with Crippen LogP contribution in [0.25, 0.3) is 42.4 Å². The number of rotatable bonds is 4. The summed E-state index contributed by atoms with van der Waals surface area (Å²) in [6.45, 7) is 4.69. The van der Waals surface area contributed by atoms with Gasteiger partial charge < -0.3 is 4.90 Å². The number of fused-ring (bicyclic) bond motifs is 6. The van der Waals surface area contributed by atoms with Crippen LogP contribution in [0.2, 0.25) is 0 Å². The molecule has 6 aromatic carbocycles. The number of hydrogen-bond acceptors (Lipinski definition) is 2. The molecule has 0 N–H and O–H groups in total. The monoisotopic (exact) mass is 543 g/mol.